The number of hydrogen-bond acceptors (Lipinski definition) is 8. The van der Waals surface area contributed by atoms with E-state index < -0.39 is 0 Å². The molecule has 3 aliphatic rings. The van der Waals surface area contributed by atoms with E-state index in [1.807, 2.05) is 0 Å². The first-order chi connectivity index (χ1) is 19.6. The summed E-state index contributed by atoms with van der Waals surface area (Å²) < 4.78 is 6.49. The largest absolute Gasteiger partial charge is 0.461 e. The van der Waals surface area contributed by atoms with Crippen molar-refractivity contribution in [3.05, 3.63) is 65.1 Å². The highest BCUT2D eigenvalue weighted by Gasteiger charge is 2.45. The molecule has 9 nitrogen and oxygen atoms in total. The Morgan fingerprint density at radius 3 is 2.65 bits per heavy atom. The summed E-state index contributed by atoms with van der Waals surface area (Å²) >= 11 is 0. The highest BCUT2D eigenvalue weighted by Crippen LogP contribution is 2.40. The lowest BCUT2D eigenvalue weighted by Crippen LogP contribution is -2.43. The van der Waals surface area contributed by atoms with Crippen LogP contribution < -0.4 is 14.5 Å². The SMILES string of the molecule is CCc1cccc2cccc(N3CCc4c(nc(OCC56CCCN5CCC6)nc4N(C)Cc4cn[nH]n4)C3)c12. The van der Waals surface area contributed by atoms with Crippen molar-refractivity contribution in [2.45, 2.75) is 64.1 Å². The summed E-state index contributed by atoms with van der Waals surface area (Å²) in [5.74, 6) is 0.932. The predicted octanol–water partition coefficient (Wildman–Crippen LogP) is 4.52. The third-order valence-electron chi connectivity index (χ3n) is 9.22. The standard InChI is InChI=1S/C31H38N8O/c1-3-22-8-4-9-23-10-5-11-27(28(22)23)38-17-12-25-26(20-38)33-30(34-29(25)37(2)19-24-18-32-36-35-24)40-21-31-13-6-15-39(31)16-7-14-31/h4-5,8-11,18H,3,6-7,12-17,19-21H2,1-2H3,(H,32,35,36). The van der Waals surface area contributed by atoms with Gasteiger partial charge in [-0.1, -0.05) is 37.3 Å². The van der Waals surface area contributed by atoms with Crippen LogP contribution in [0.25, 0.3) is 10.8 Å². The van der Waals surface area contributed by atoms with Gasteiger partial charge in [0.15, 0.2) is 0 Å². The fraction of sp³-hybridized carbons (Fsp3) is 0.484. The minimum absolute atomic E-state index is 0.150. The van der Waals surface area contributed by atoms with Crippen LogP contribution in [0.2, 0.25) is 0 Å². The second-order valence-corrected chi connectivity index (χ2v) is 11.6. The van der Waals surface area contributed by atoms with E-state index in [-0.39, 0.29) is 5.54 Å². The van der Waals surface area contributed by atoms with Crippen LogP contribution in [-0.4, -0.2) is 69.1 Å². The summed E-state index contributed by atoms with van der Waals surface area (Å²) in [5.41, 5.74) is 5.95. The Balaban J connectivity index is 1.23. The second kappa shape index (κ2) is 10.4. The van der Waals surface area contributed by atoms with E-state index in [1.54, 1.807) is 6.20 Å². The topological polar surface area (TPSA) is 86.3 Å². The van der Waals surface area contributed by atoms with Gasteiger partial charge in [-0.15, -0.1) is 0 Å². The number of fused-ring (bicyclic) bond motifs is 3. The Kier molecular flexibility index (Phi) is 6.54. The van der Waals surface area contributed by atoms with Crippen LogP contribution in [0.1, 0.15) is 55.1 Å². The molecule has 0 atom stereocenters. The fourth-order valence-corrected chi connectivity index (χ4v) is 7.21. The quantitative estimate of drug-likeness (QED) is 0.351. The molecule has 0 unspecified atom stereocenters. The smallest absolute Gasteiger partial charge is 0.318 e. The van der Waals surface area contributed by atoms with Crippen LogP contribution in [0.3, 0.4) is 0 Å². The van der Waals surface area contributed by atoms with E-state index >= 15 is 0 Å². The molecule has 4 aromatic rings. The average Bonchev–Trinajstić information content (AvgIpc) is 3.73. The van der Waals surface area contributed by atoms with Crippen molar-refractivity contribution in [3.8, 4) is 6.01 Å². The van der Waals surface area contributed by atoms with Gasteiger partial charge in [-0.25, -0.2) is 0 Å². The molecule has 0 bridgehead atoms. The number of aromatic nitrogens is 5. The molecule has 1 N–H and O–H groups in total. The maximum absolute atomic E-state index is 6.49. The first-order valence-electron chi connectivity index (χ1n) is 14.7. The third-order valence-corrected chi connectivity index (χ3v) is 9.22. The highest BCUT2D eigenvalue weighted by molar-refractivity contribution is 5.97. The molecule has 0 radical (unpaired) electrons. The normalized spacial score (nSPS) is 18.2. The molecule has 7 rings (SSSR count). The number of H-pyrrole nitrogens is 1. The van der Waals surface area contributed by atoms with Crippen LogP contribution in [0, 0.1) is 0 Å². The Labute approximate surface area is 235 Å². The predicted molar refractivity (Wildman–Crippen MR) is 157 cm³/mol. The van der Waals surface area contributed by atoms with E-state index in [0.717, 1.165) is 43.1 Å². The van der Waals surface area contributed by atoms with Crippen LogP contribution in [-0.2, 0) is 25.9 Å². The molecule has 0 amide bonds. The van der Waals surface area contributed by atoms with Gasteiger partial charge in [0.25, 0.3) is 0 Å². The molecule has 2 fully saturated rings. The Bertz CT molecular complexity index is 1490. The van der Waals surface area contributed by atoms with Gasteiger partial charge in [0.2, 0.25) is 0 Å². The number of hydrogen-bond donors (Lipinski definition) is 1. The summed E-state index contributed by atoms with van der Waals surface area (Å²) in [6.45, 7) is 7.51. The minimum Gasteiger partial charge on any atom is -0.461 e. The van der Waals surface area contributed by atoms with Crippen LogP contribution in [0.5, 0.6) is 6.01 Å². The Hall–Kier alpha value is -3.72. The summed E-state index contributed by atoms with van der Waals surface area (Å²) in [5, 5.41) is 13.6. The van der Waals surface area contributed by atoms with Crippen molar-refractivity contribution >= 4 is 22.3 Å². The Morgan fingerprint density at radius 1 is 1.05 bits per heavy atom. The van der Waals surface area contributed by atoms with Crippen LogP contribution >= 0.6 is 0 Å². The molecule has 0 spiro atoms. The van der Waals surface area contributed by atoms with Crippen molar-refractivity contribution < 1.29 is 4.74 Å². The van der Waals surface area contributed by atoms with E-state index in [4.69, 9.17) is 14.7 Å². The van der Waals surface area contributed by atoms with E-state index in [9.17, 15) is 0 Å². The van der Waals surface area contributed by atoms with Gasteiger partial charge in [0.1, 0.15) is 18.1 Å². The number of aromatic amines is 1. The zero-order valence-corrected chi connectivity index (χ0v) is 23.6. The maximum atomic E-state index is 6.49. The van der Waals surface area contributed by atoms with Gasteiger partial charge < -0.3 is 14.5 Å². The zero-order valence-electron chi connectivity index (χ0n) is 23.6. The van der Waals surface area contributed by atoms with Crippen LogP contribution in [0.4, 0.5) is 11.5 Å². The van der Waals surface area contributed by atoms with Gasteiger partial charge in [-0.3, -0.25) is 4.90 Å². The molecule has 40 heavy (non-hydrogen) atoms. The van der Waals surface area contributed by atoms with Crippen molar-refractivity contribution in [3.63, 3.8) is 0 Å². The zero-order chi connectivity index (χ0) is 27.1. The van der Waals surface area contributed by atoms with Gasteiger partial charge >= 0.3 is 6.01 Å². The molecule has 2 aromatic carbocycles. The van der Waals surface area contributed by atoms with Gasteiger partial charge in [-0.05, 0) is 68.6 Å². The summed E-state index contributed by atoms with van der Waals surface area (Å²) in [6.07, 6.45) is 8.55. The van der Waals surface area contributed by atoms with Crippen molar-refractivity contribution in [1.82, 2.24) is 30.3 Å². The highest BCUT2D eigenvalue weighted by atomic mass is 16.5. The van der Waals surface area contributed by atoms with Gasteiger partial charge in [0, 0.05) is 30.2 Å². The van der Waals surface area contributed by atoms with Gasteiger partial charge in [-0.2, -0.15) is 25.4 Å². The number of nitrogens with zero attached hydrogens (tertiary/aromatic N) is 7. The number of nitrogens with one attached hydrogen (secondary N) is 1. The first kappa shape index (κ1) is 25.3. The van der Waals surface area contributed by atoms with E-state index in [2.05, 4.69) is 80.5 Å². The maximum Gasteiger partial charge on any atom is 0.318 e. The Morgan fingerprint density at radius 2 is 1.88 bits per heavy atom. The fourth-order valence-electron chi connectivity index (χ4n) is 7.21. The van der Waals surface area contributed by atoms with Crippen molar-refractivity contribution in [2.75, 3.05) is 43.1 Å². The molecule has 3 aliphatic heterocycles. The lowest BCUT2D eigenvalue weighted by Gasteiger charge is -2.34. The molecule has 0 aliphatic carbocycles. The van der Waals surface area contributed by atoms with Crippen molar-refractivity contribution in [2.24, 2.45) is 0 Å². The summed E-state index contributed by atoms with van der Waals surface area (Å²) in [6, 6.07) is 13.8. The van der Waals surface area contributed by atoms with E-state index in [0.29, 0.717) is 19.2 Å². The molecule has 9 heteroatoms. The number of benzene rings is 2. The van der Waals surface area contributed by atoms with Gasteiger partial charge in [0.05, 0.1) is 30.5 Å². The minimum atomic E-state index is 0.150. The molecule has 2 aromatic heterocycles. The number of rotatable bonds is 8. The molecule has 5 heterocycles. The lowest BCUT2D eigenvalue weighted by molar-refractivity contribution is 0.107. The molecule has 0 saturated carbocycles. The molecular weight excluding hydrogens is 500 g/mol. The summed E-state index contributed by atoms with van der Waals surface area (Å²) in [7, 11) is 2.07. The monoisotopic (exact) mass is 538 g/mol. The molecule has 208 valence electrons. The second-order valence-electron chi connectivity index (χ2n) is 11.6. The number of aryl methyl sites for hydroxylation is 1. The average molecular weight is 539 g/mol. The molecular formula is C31H38N8O. The number of anilines is 2. The third kappa shape index (κ3) is 4.46. The number of ether oxygens (including phenoxy) is 1. The molecule has 2 saturated heterocycles. The lowest BCUT2D eigenvalue weighted by atomic mass is 9.95. The van der Waals surface area contributed by atoms with E-state index in [1.165, 1.54) is 66.4 Å². The summed E-state index contributed by atoms with van der Waals surface area (Å²) in [4.78, 5) is 17.3. The first-order valence-corrected chi connectivity index (χ1v) is 14.7. The van der Waals surface area contributed by atoms with Crippen LogP contribution in [0.15, 0.2) is 42.6 Å². The van der Waals surface area contributed by atoms with Crippen molar-refractivity contribution in [1.29, 1.82) is 0 Å².